The average Bonchev–Trinajstić information content (AvgIpc) is 3.40. The second kappa shape index (κ2) is 9.06. The van der Waals surface area contributed by atoms with Gasteiger partial charge in [-0.25, -0.2) is 24.3 Å². The average molecular weight is 502 g/mol. The number of aryl methyl sites for hydroxylation is 2. The Morgan fingerprint density at radius 2 is 1.89 bits per heavy atom. The molecule has 1 saturated heterocycles. The molecule has 8 nitrogen and oxygen atoms in total. The SMILES string of the molecule is Cc1cc(-c2nc(Nc3ccc(OC4CCN(C)CC4)cn3)ncc2F)cc2c1nc1n2C(C)(C)CC1. The van der Waals surface area contributed by atoms with Gasteiger partial charge in [0, 0.05) is 30.6 Å². The van der Waals surface area contributed by atoms with Crippen LogP contribution in [0.3, 0.4) is 0 Å². The summed E-state index contributed by atoms with van der Waals surface area (Å²) in [5, 5.41) is 3.10. The lowest BCUT2D eigenvalue weighted by Crippen LogP contribution is -2.35. The third-order valence-corrected chi connectivity index (χ3v) is 7.55. The number of anilines is 2. The summed E-state index contributed by atoms with van der Waals surface area (Å²) in [4.78, 5) is 20.3. The molecular weight excluding hydrogens is 469 g/mol. The van der Waals surface area contributed by atoms with Crippen LogP contribution in [0.4, 0.5) is 16.2 Å². The van der Waals surface area contributed by atoms with Crippen molar-refractivity contribution in [2.75, 3.05) is 25.5 Å². The smallest absolute Gasteiger partial charge is 0.229 e. The van der Waals surface area contributed by atoms with Gasteiger partial charge < -0.3 is 19.5 Å². The van der Waals surface area contributed by atoms with Crippen molar-refractivity contribution < 1.29 is 9.13 Å². The molecule has 9 heteroatoms. The van der Waals surface area contributed by atoms with E-state index in [-0.39, 0.29) is 23.3 Å². The van der Waals surface area contributed by atoms with Gasteiger partial charge in [-0.05, 0) is 76.9 Å². The molecule has 3 aromatic heterocycles. The van der Waals surface area contributed by atoms with Gasteiger partial charge in [-0.3, -0.25) is 0 Å². The minimum atomic E-state index is -0.473. The van der Waals surface area contributed by atoms with Crippen LogP contribution in [0, 0.1) is 12.7 Å². The van der Waals surface area contributed by atoms with E-state index in [9.17, 15) is 4.39 Å². The van der Waals surface area contributed by atoms with Crippen LogP contribution in [0.25, 0.3) is 22.3 Å². The molecule has 0 bridgehead atoms. The molecule has 192 valence electrons. The number of nitrogens with zero attached hydrogens (tertiary/aromatic N) is 6. The Hall–Kier alpha value is -3.59. The van der Waals surface area contributed by atoms with E-state index in [1.165, 1.54) is 6.20 Å². The van der Waals surface area contributed by atoms with Crippen molar-refractivity contribution in [1.29, 1.82) is 0 Å². The number of piperidine rings is 1. The zero-order valence-corrected chi connectivity index (χ0v) is 21.8. The van der Waals surface area contributed by atoms with E-state index >= 15 is 0 Å². The first-order valence-corrected chi connectivity index (χ1v) is 12.9. The van der Waals surface area contributed by atoms with Crippen LogP contribution >= 0.6 is 0 Å². The lowest BCUT2D eigenvalue weighted by atomic mass is 10.0. The van der Waals surface area contributed by atoms with Gasteiger partial charge in [-0.15, -0.1) is 0 Å². The molecule has 1 N–H and O–H groups in total. The van der Waals surface area contributed by atoms with Crippen LogP contribution in [0.15, 0.2) is 36.7 Å². The maximum Gasteiger partial charge on any atom is 0.229 e. The molecular formula is C28H32FN7O. The van der Waals surface area contributed by atoms with Crippen LogP contribution in [-0.4, -0.2) is 55.6 Å². The minimum Gasteiger partial charge on any atom is -0.489 e. The molecule has 0 spiro atoms. The van der Waals surface area contributed by atoms with E-state index in [0.29, 0.717) is 11.4 Å². The van der Waals surface area contributed by atoms with Crippen LogP contribution in [0.1, 0.15) is 44.5 Å². The number of pyridine rings is 1. The van der Waals surface area contributed by atoms with Gasteiger partial charge >= 0.3 is 0 Å². The molecule has 1 aromatic carbocycles. The number of likely N-dealkylation sites (tertiary alicyclic amines) is 1. The zero-order chi connectivity index (χ0) is 25.7. The first-order valence-electron chi connectivity index (χ1n) is 12.9. The molecule has 0 unspecified atom stereocenters. The topological polar surface area (TPSA) is 81.0 Å². The molecule has 37 heavy (non-hydrogen) atoms. The molecule has 0 saturated carbocycles. The van der Waals surface area contributed by atoms with E-state index in [0.717, 1.165) is 66.9 Å². The van der Waals surface area contributed by atoms with Crippen LogP contribution in [0.5, 0.6) is 5.75 Å². The van der Waals surface area contributed by atoms with Crippen molar-refractivity contribution in [2.24, 2.45) is 0 Å². The van der Waals surface area contributed by atoms with Crippen LogP contribution in [0.2, 0.25) is 0 Å². The highest BCUT2D eigenvalue weighted by molar-refractivity contribution is 5.86. The number of imidazole rings is 1. The van der Waals surface area contributed by atoms with Gasteiger partial charge in [0.2, 0.25) is 5.95 Å². The first kappa shape index (κ1) is 23.8. The summed E-state index contributed by atoms with van der Waals surface area (Å²) in [5.41, 5.74) is 3.90. The third kappa shape index (κ3) is 4.52. The fraction of sp³-hybridized carbons (Fsp3) is 0.429. The summed E-state index contributed by atoms with van der Waals surface area (Å²) in [6.07, 6.45) is 7.11. The van der Waals surface area contributed by atoms with E-state index < -0.39 is 5.82 Å². The number of rotatable bonds is 5. The lowest BCUT2D eigenvalue weighted by Gasteiger charge is -2.29. The molecule has 6 rings (SSSR count). The molecule has 2 aliphatic heterocycles. The zero-order valence-electron chi connectivity index (χ0n) is 21.8. The Kier molecular flexibility index (Phi) is 5.82. The number of hydrogen-bond acceptors (Lipinski definition) is 7. The first-order chi connectivity index (χ1) is 17.8. The number of aromatic nitrogens is 5. The Bertz CT molecular complexity index is 1460. The van der Waals surface area contributed by atoms with Crippen molar-refractivity contribution in [3.8, 4) is 17.0 Å². The minimum absolute atomic E-state index is 0.0268. The summed E-state index contributed by atoms with van der Waals surface area (Å²) < 4.78 is 23.3. The second-order valence-corrected chi connectivity index (χ2v) is 10.9. The summed E-state index contributed by atoms with van der Waals surface area (Å²) in [6.45, 7) is 8.53. The van der Waals surface area contributed by atoms with E-state index in [1.807, 2.05) is 31.2 Å². The fourth-order valence-corrected chi connectivity index (χ4v) is 5.47. The van der Waals surface area contributed by atoms with Crippen molar-refractivity contribution in [2.45, 2.75) is 58.1 Å². The van der Waals surface area contributed by atoms with Crippen molar-refractivity contribution in [1.82, 2.24) is 29.4 Å². The van der Waals surface area contributed by atoms with Gasteiger partial charge in [0.05, 0.1) is 23.4 Å². The summed E-state index contributed by atoms with van der Waals surface area (Å²) >= 11 is 0. The van der Waals surface area contributed by atoms with Gasteiger partial charge in [0.15, 0.2) is 5.82 Å². The van der Waals surface area contributed by atoms with E-state index in [2.05, 4.69) is 50.6 Å². The van der Waals surface area contributed by atoms with Crippen molar-refractivity contribution >= 4 is 22.8 Å². The highest BCUT2D eigenvalue weighted by Gasteiger charge is 2.32. The lowest BCUT2D eigenvalue weighted by molar-refractivity contribution is 0.114. The predicted molar refractivity (Wildman–Crippen MR) is 142 cm³/mol. The maximum absolute atomic E-state index is 15.0. The van der Waals surface area contributed by atoms with Crippen molar-refractivity contribution in [3.63, 3.8) is 0 Å². The number of hydrogen-bond donors (Lipinski definition) is 1. The Balaban J connectivity index is 1.25. The molecule has 0 radical (unpaired) electrons. The molecule has 0 aliphatic carbocycles. The number of benzene rings is 1. The summed E-state index contributed by atoms with van der Waals surface area (Å²) in [5.74, 6) is 2.19. The number of halogens is 1. The standard InChI is InChI=1S/C28H32FN7O/c1-17-13-18(14-22-25(17)33-24-7-10-28(2,3)36(22)24)26-21(29)16-31-27(34-26)32-23-6-5-20(15-30-23)37-19-8-11-35(4)12-9-19/h5-6,13-16,19H,7-12H2,1-4H3,(H,30,31,32,34). The van der Waals surface area contributed by atoms with Gasteiger partial charge in [-0.1, -0.05) is 0 Å². The number of nitrogens with one attached hydrogen (secondary N) is 1. The molecule has 5 heterocycles. The highest BCUT2D eigenvalue weighted by Crippen LogP contribution is 2.38. The van der Waals surface area contributed by atoms with Gasteiger partial charge in [0.1, 0.15) is 29.2 Å². The second-order valence-electron chi connectivity index (χ2n) is 10.9. The van der Waals surface area contributed by atoms with E-state index in [1.54, 1.807) is 6.20 Å². The monoisotopic (exact) mass is 501 g/mol. The molecule has 1 fully saturated rings. The van der Waals surface area contributed by atoms with Gasteiger partial charge in [0.25, 0.3) is 0 Å². The number of ether oxygens (including phenoxy) is 1. The number of fused-ring (bicyclic) bond motifs is 3. The molecule has 4 aromatic rings. The quantitative estimate of drug-likeness (QED) is 0.401. The Morgan fingerprint density at radius 1 is 1.08 bits per heavy atom. The summed E-state index contributed by atoms with van der Waals surface area (Å²) in [6, 6.07) is 7.65. The van der Waals surface area contributed by atoms with E-state index in [4.69, 9.17) is 9.72 Å². The largest absolute Gasteiger partial charge is 0.489 e. The van der Waals surface area contributed by atoms with Crippen molar-refractivity contribution in [3.05, 3.63) is 53.9 Å². The molecule has 0 amide bonds. The summed E-state index contributed by atoms with van der Waals surface area (Å²) in [7, 11) is 2.13. The fourth-order valence-electron chi connectivity index (χ4n) is 5.47. The van der Waals surface area contributed by atoms with Crippen LogP contribution in [-0.2, 0) is 12.0 Å². The maximum atomic E-state index is 15.0. The predicted octanol–water partition coefficient (Wildman–Crippen LogP) is 5.23. The highest BCUT2D eigenvalue weighted by atomic mass is 19.1. The Labute approximate surface area is 215 Å². The van der Waals surface area contributed by atoms with Crippen LogP contribution < -0.4 is 10.1 Å². The molecule has 2 aliphatic rings. The molecule has 0 atom stereocenters. The normalized spacial score (nSPS) is 17.8. The third-order valence-electron chi connectivity index (χ3n) is 7.55. The van der Waals surface area contributed by atoms with Gasteiger partial charge in [-0.2, -0.15) is 0 Å². The Morgan fingerprint density at radius 3 is 2.65 bits per heavy atom.